The van der Waals surface area contributed by atoms with Gasteiger partial charge < -0.3 is 42.3 Å². The van der Waals surface area contributed by atoms with Crippen molar-refractivity contribution in [1.29, 1.82) is 0 Å². The summed E-state index contributed by atoms with van der Waals surface area (Å²) in [5.74, 6) is -3.33. The minimum Gasteiger partial charge on any atom is -0.480 e. The molecule has 0 saturated carbocycles. The number of hydrogen-bond acceptors (Lipinski definition) is 8. The summed E-state index contributed by atoms with van der Waals surface area (Å²) in [4.78, 5) is 50.5. The van der Waals surface area contributed by atoms with Crippen molar-refractivity contribution in [3.05, 3.63) is 0 Å². The molecule has 0 aromatic rings. The first-order chi connectivity index (χ1) is 14.5. The van der Waals surface area contributed by atoms with Gasteiger partial charge in [0.2, 0.25) is 17.7 Å². The maximum atomic E-state index is 12.9. The number of carbonyl (C=O) groups is 4. The van der Waals surface area contributed by atoms with E-state index in [9.17, 15) is 34.5 Å². The van der Waals surface area contributed by atoms with Crippen molar-refractivity contribution in [2.45, 2.75) is 82.3 Å². The summed E-state index contributed by atoms with van der Waals surface area (Å²) in [6.07, 6.45) is -0.360. The highest BCUT2D eigenvalue weighted by Crippen LogP contribution is 2.19. The van der Waals surface area contributed by atoms with Gasteiger partial charge in [-0.3, -0.25) is 14.4 Å². The van der Waals surface area contributed by atoms with Crippen molar-refractivity contribution in [2.24, 2.45) is 11.5 Å². The first kappa shape index (κ1) is 26.8. The Morgan fingerprint density at radius 3 is 2.23 bits per heavy atom. The molecule has 0 aromatic heterocycles. The highest BCUT2D eigenvalue weighted by molar-refractivity contribution is 5.94. The van der Waals surface area contributed by atoms with Crippen molar-refractivity contribution in [3.63, 3.8) is 0 Å². The van der Waals surface area contributed by atoms with E-state index in [2.05, 4.69) is 10.6 Å². The third-order valence-corrected chi connectivity index (χ3v) is 5.27. The van der Waals surface area contributed by atoms with E-state index >= 15 is 0 Å². The maximum absolute atomic E-state index is 12.9. The number of aliphatic hydroxyl groups excluding tert-OH is 2. The van der Waals surface area contributed by atoms with Crippen LogP contribution in [-0.4, -0.2) is 93.4 Å². The summed E-state index contributed by atoms with van der Waals surface area (Å²) in [5.41, 5.74) is 11.1. The second-order valence-electron chi connectivity index (χ2n) is 7.87. The monoisotopic (exact) mass is 445 g/mol. The Bertz CT molecular complexity index is 643. The molecule has 1 heterocycles. The number of likely N-dealkylation sites (tertiary alicyclic amines) is 1. The Labute approximate surface area is 181 Å². The summed E-state index contributed by atoms with van der Waals surface area (Å²) in [6.45, 7) is 3.23. The summed E-state index contributed by atoms with van der Waals surface area (Å²) < 4.78 is 0. The minimum atomic E-state index is -1.38. The van der Waals surface area contributed by atoms with Gasteiger partial charge in [0, 0.05) is 6.54 Å². The second kappa shape index (κ2) is 12.5. The van der Waals surface area contributed by atoms with Crippen molar-refractivity contribution in [2.75, 3.05) is 13.1 Å². The van der Waals surface area contributed by atoms with Crippen LogP contribution in [0, 0.1) is 0 Å². The van der Waals surface area contributed by atoms with Gasteiger partial charge in [-0.2, -0.15) is 0 Å². The highest BCUT2D eigenvalue weighted by Gasteiger charge is 2.40. The molecule has 0 aliphatic carbocycles. The molecule has 0 spiro atoms. The Balaban J connectivity index is 2.95. The molecule has 0 radical (unpaired) electrons. The number of hydrogen-bond donors (Lipinski definition) is 7. The van der Waals surface area contributed by atoms with Gasteiger partial charge in [-0.1, -0.05) is 0 Å². The van der Waals surface area contributed by atoms with Gasteiger partial charge in [-0.25, -0.2) is 4.79 Å². The molecule has 1 rings (SSSR count). The fourth-order valence-corrected chi connectivity index (χ4v) is 3.36. The van der Waals surface area contributed by atoms with E-state index in [0.717, 1.165) is 4.90 Å². The lowest BCUT2D eigenvalue weighted by atomic mass is 10.0. The van der Waals surface area contributed by atoms with E-state index < -0.39 is 60.1 Å². The van der Waals surface area contributed by atoms with Crippen LogP contribution in [0.4, 0.5) is 0 Å². The highest BCUT2D eigenvalue weighted by atomic mass is 16.4. The molecule has 0 aromatic carbocycles. The number of nitrogens with two attached hydrogens (primary N) is 2. The molecule has 12 nitrogen and oxygen atoms in total. The van der Waals surface area contributed by atoms with Crippen molar-refractivity contribution in [1.82, 2.24) is 15.5 Å². The molecule has 3 amide bonds. The molecule has 31 heavy (non-hydrogen) atoms. The standard InChI is InChI=1S/C19H35N5O7/c1-10(25)14(21)17(28)22-12(6-3-4-8-20)16(27)23-15(11(2)26)18(29)24-9-5-7-13(24)19(30)31/h10-15,25-26H,3-9,20-21H2,1-2H3,(H,22,28)(H,23,27)(H,30,31). The topological polar surface area (TPSA) is 208 Å². The number of rotatable bonds is 12. The SMILES string of the molecule is CC(O)C(N)C(=O)NC(CCCCN)C(=O)NC(C(=O)N1CCCC1C(=O)O)C(C)O. The van der Waals surface area contributed by atoms with Crippen LogP contribution in [0.15, 0.2) is 0 Å². The molecule has 6 unspecified atom stereocenters. The van der Waals surface area contributed by atoms with Gasteiger partial charge in [0.25, 0.3) is 0 Å². The quantitative estimate of drug-likeness (QED) is 0.155. The Hall–Kier alpha value is -2.28. The Morgan fingerprint density at radius 2 is 1.71 bits per heavy atom. The third kappa shape index (κ3) is 7.73. The van der Waals surface area contributed by atoms with Crippen LogP contribution >= 0.6 is 0 Å². The van der Waals surface area contributed by atoms with E-state index in [0.29, 0.717) is 25.8 Å². The van der Waals surface area contributed by atoms with E-state index in [1.165, 1.54) is 13.8 Å². The zero-order valence-corrected chi connectivity index (χ0v) is 18.0. The number of amides is 3. The van der Waals surface area contributed by atoms with Gasteiger partial charge in [-0.15, -0.1) is 0 Å². The fraction of sp³-hybridized carbons (Fsp3) is 0.789. The van der Waals surface area contributed by atoms with Gasteiger partial charge in [0.1, 0.15) is 24.2 Å². The summed E-state index contributed by atoms with van der Waals surface area (Å²) in [6, 6.07) is -4.73. The van der Waals surface area contributed by atoms with Crippen LogP contribution in [0.25, 0.3) is 0 Å². The summed E-state index contributed by atoms with van der Waals surface area (Å²) in [7, 11) is 0. The Kier molecular flexibility index (Phi) is 10.8. The zero-order valence-electron chi connectivity index (χ0n) is 18.0. The zero-order chi connectivity index (χ0) is 23.7. The molecule has 1 saturated heterocycles. The van der Waals surface area contributed by atoms with Crippen molar-refractivity contribution in [3.8, 4) is 0 Å². The molecular formula is C19H35N5O7. The lowest BCUT2D eigenvalue weighted by molar-refractivity contribution is -0.150. The normalized spacial score (nSPS) is 21.0. The number of unbranched alkanes of at least 4 members (excludes halogenated alkanes) is 1. The number of carboxylic acid groups (broad SMARTS) is 1. The molecular weight excluding hydrogens is 410 g/mol. The maximum Gasteiger partial charge on any atom is 0.326 e. The third-order valence-electron chi connectivity index (χ3n) is 5.27. The minimum absolute atomic E-state index is 0.198. The lowest BCUT2D eigenvalue weighted by Crippen LogP contribution is -2.60. The number of carboxylic acids is 1. The van der Waals surface area contributed by atoms with Crippen LogP contribution < -0.4 is 22.1 Å². The van der Waals surface area contributed by atoms with E-state index in [-0.39, 0.29) is 19.4 Å². The second-order valence-corrected chi connectivity index (χ2v) is 7.87. The smallest absolute Gasteiger partial charge is 0.326 e. The molecule has 1 aliphatic rings. The average molecular weight is 446 g/mol. The van der Waals surface area contributed by atoms with E-state index in [4.69, 9.17) is 11.5 Å². The molecule has 12 heteroatoms. The fourth-order valence-electron chi connectivity index (χ4n) is 3.36. The summed E-state index contributed by atoms with van der Waals surface area (Å²) >= 11 is 0. The first-order valence-corrected chi connectivity index (χ1v) is 10.5. The number of carbonyl (C=O) groups excluding carboxylic acids is 3. The first-order valence-electron chi connectivity index (χ1n) is 10.5. The predicted octanol–water partition coefficient (Wildman–Crippen LogP) is -2.75. The largest absolute Gasteiger partial charge is 0.480 e. The molecule has 1 fully saturated rings. The summed E-state index contributed by atoms with van der Waals surface area (Å²) in [5, 5.41) is 33.8. The number of nitrogens with zero attached hydrogens (tertiary/aromatic N) is 1. The van der Waals surface area contributed by atoms with Crippen molar-refractivity contribution >= 4 is 23.7 Å². The van der Waals surface area contributed by atoms with Crippen LogP contribution in [0.2, 0.25) is 0 Å². The lowest BCUT2D eigenvalue weighted by Gasteiger charge is -2.30. The molecule has 0 bridgehead atoms. The Morgan fingerprint density at radius 1 is 1.06 bits per heavy atom. The predicted molar refractivity (Wildman–Crippen MR) is 110 cm³/mol. The van der Waals surface area contributed by atoms with Gasteiger partial charge in [0.15, 0.2) is 0 Å². The van der Waals surface area contributed by atoms with Crippen LogP contribution in [0.3, 0.4) is 0 Å². The van der Waals surface area contributed by atoms with Gasteiger partial charge in [-0.05, 0) is 52.5 Å². The van der Waals surface area contributed by atoms with Gasteiger partial charge >= 0.3 is 5.97 Å². The van der Waals surface area contributed by atoms with Gasteiger partial charge in [0.05, 0.1) is 12.2 Å². The van der Waals surface area contributed by atoms with Crippen LogP contribution in [-0.2, 0) is 19.2 Å². The molecule has 1 aliphatic heterocycles. The van der Waals surface area contributed by atoms with E-state index in [1.54, 1.807) is 0 Å². The average Bonchev–Trinajstić information content (AvgIpc) is 3.19. The van der Waals surface area contributed by atoms with Crippen LogP contribution in [0.5, 0.6) is 0 Å². The molecule has 9 N–H and O–H groups in total. The molecule has 6 atom stereocenters. The van der Waals surface area contributed by atoms with E-state index in [1.807, 2.05) is 0 Å². The number of aliphatic hydroxyl groups is 2. The van der Waals surface area contributed by atoms with Crippen LogP contribution in [0.1, 0.15) is 46.0 Å². The number of nitrogens with one attached hydrogen (secondary N) is 2. The number of aliphatic carboxylic acids is 1. The molecule has 178 valence electrons. The van der Waals surface area contributed by atoms with Crippen molar-refractivity contribution < 1.29 is 34.5 Å².